The highest BCUT2D eigenvalue weighted by Crippen LogP contribution is 2.24. The zero-order valence-corrected chi connectivity index (χ0v) is 13.7. The van der Waals surface area contributed by atoms with Gasteiger partial charge in [-0.05, 0) is 30.7 Å². The number of carbonyl (C=O) groups excluding carboxylic acids is 1. The zero-order valence-electron chi connectivity index (χ0n) is 12.8. The number of carbonyl (C=O) groups is 1. The number of hydrogen-bond donors (Lipinski definition) is 1. The van der Waals surface area contributed by atoms with E-state index in [2.05, 4.69) is 10.3 Å². The van der Waals surface area contributed by atoms with Gasteiger partial charge in [-0.15, -0.1) is 11.3 Å². The van der Waals surface area contributed by atoms with Crippen LogP contribution in [0.5, 0.6) is 0 Å². The first kappa shape index (κ1) is 16.3. The lowest BCUT2D eigenvalue weighted by Gasteiger charge is -2.07. The third kappa shape index (κ3) is 3.83. The predicted molar refractivity (Wildman–Crippen MR) is 91.0 cm³/mol. The summed E-state index contributed by atoms with van der Waals surface area (Å²) in [6, 6.07) is 10.5. The highest BCUT2D eigenvalue weighted by atomic mass is 32.1. The van der Waals surface area contributed by atoms with Crippen LogP contribution in [0.2, 0.25) is 0 Å². The van der Waals surface area contributed by atoms with Crippen molar-refractivity contribution >= 4 is 22.9 Å². The Hall–Kier alpha value is -2.60. The predicted octanol–water partition coefficient (Wildman–Crippen LogP) is 4.58. The average molecular weight is 344 g/mol. The number of benzene rings is 2. The number of rotatable bonds is 4. The number of halogens is 2. The molecular formula is C18H14F2N2OS. The van der Waals surface area contributed by atoms with Crippen LogP contribution in [0.3, 0.4) is 0 Å². The van der Waals surface area contributed by atoms with Gasteiger partial charge in [0.1, 0.15) is 11.6 Å². The molecule has 6 heteroatoms. The molecule has 0 aliphatic carbocycles. The van der Waals surface area contributed by atoms with Gasteiger partial charge < -0.3 is 5.32 Å². The average Bonchev–Trinajstić information content (AvgIpc) is 2.97. The van der Waals surface area contributed by atoms with Gasteiger partial charge in [0, 0.05) is 22.7 Å². The molecule has 1 aromatic heterocycles. The molecule has 1 amide bonds. The topological polar surface area (TPSA) is 42.0 Å². The van der Waals surface area contributed by atoms with Gasteiger partial charge in [0.15, 0.2) is 0 Å². The molecular weight excluding hydrogens is 330 g/mol. The summed E-state index contributed by atoms with van der Waals surface area (Å²) in [5.74, 6) is -1.76. The quantitative estimate of drug-likeness (QED) is 0.753. The minimum Gasteiger partial charge on any atom is -0.326 e. The van der Waals surface area contributed by atoms with Gasteiger partial charge in [-0.2, -0.15) is 0 Å². The standard InChI is InChI=1S/C18H14F2N2OS/c1-11-21-17(10-24-11)13-3-2-4-15(7-13)22-18(23)8-12-5-6-14(19)9-16(12)20/h2-7,9-10H,8H2,1H3,(H,22,23). The van der Waals surface area contributed by atoms with Gasteiger partial charge in [0.25, 0.3) is 0 Å². The number of hydrogen-bond acceptors (Lipinski definition) is 3. The molecule has 0 fully saturated rings. The van der Waals surface area contributed by atoms with E-state index in [0.29, 0.717) is 5.69 Å². The fraction of sp³-hybridized carbons (Fsp3) is 0.111. The molecule has 3 rings (SSSR count). The van der Waals surface area contributed by atoms with Gasteiger partial charge in [-0.3, -0.25) is 4.79 Å². The van der Waals surface area contributed by atoms with E-state index >= 15 is 0 Å². The normalized spacial score (nSPS) is 10.6. The first-order chi connectivity index (χ1) is 11.5. The molecule has 0 saturated heterocycles. The third-order valence-electron chi connectivity index (χ3n) is 3.43. The summed E-state index contributed by atoms with van der Waals surface area (Å²) in [6.07, 6.45) is -0.161. The van der Waals surface area contributed by atoms with Crippen molar-refractivity contribution in [3.05, 3.63) is 70.1 Å². The van der Waals surface area contributed by atoms with Crippen LogP contribution in [0.15, 0.2) is 47.8 Å². The highest BCUT2D eigenvalue weighted by molar-refractivity contribution is 7.09. The second kappa shape index (κ2) is 6.88. The molecule has 0 saturated carbocycles. The summed E-state index contributed by atoms with van der Waals surface area (Å²) >= 11 is 1.55. The SMILES string of the molecule is Cc1nc(-c2cccc(NC(=O)Cc3ccc(F)cc3F)c2)cs1. The van der Waals surface area contributed by atoms with E-state index in [4.69, 9.17) is 0 Å². The van der Waals surface area contributed by atoms with Crippen molar-refractivity contribution in [1.29, 1.82) is 0 Å². The van der Waals surface area contributed by atoms with Crippen molar-refractivity contribution in [2.45, 2.75) is 13.3 Å². The maximum absolute atomic E-state index is 13.6. The van der Waals surface area contributed by atoms with Crippen LogP contribution in [0.25, 0.3) is 11.3 Å². The van der Waals surface area contributed by atoms with Crippen LogP contribution >= 0.6 is 11.3 Å². The maximum Gasteiger partial charge on any atom is 0.228 e. The lowest BCUT2D eigenvalue weighted by atomic mass is 10.1. The molecule has 122 valence electrons. The lowest BCUT2D eigenvalue weighted by molar-refractivity contribution is -0.115. The minimum atomic E-state index is -0.725. The molecule has 0 aliphatic heterocycles. The van der Waals surface area contributed by atoms with Crippen LogP contribution < -0.4 is 5.32 Å². The van der Waals surface area contributed by atoms with Crippen molar-refractivity contribution in [2.24, 2.45) is 0 Å². The number of aryl methyl sites for hydroxylation is 1. The van der Waals surface area contributed by atoms with Crippen LogP contribution in [0, 0.1) is 18.6 Å². The fourth-order valence-corrected chi connectivity index (χ4v) is 2.92. The number of nitrogens with one attached hydrogen (secondary N) is 1. The smallest absolute Gasteiger partial charge is 0.228 e. The Morgan fingerprint density at radius 3 is 2.75 bits per heavy atom. The van der Waals surface area contributed by atoms with E-state index in [-0.39, 0.29) is 17.9 Å². The van der Waals surface area contributed by atoms with Crippen LogP contribution in [-0.4, -0.2) is 10.9 Å². The maximum atomic E-state index is 13.6. The fourth-order valence-electron chi connectivity index (χ4n) is 2.30. The summed E-state index contributed by atoms with van der Waals surface area (Å²) in [5.41, 5.74) is 2.49. The van der Waals surface area contributed by atoms with Gasteiger partial charge in [0.2, 0.25) is 5.91 Å². The number of aromatic nitrogens is 1. The van der Waals surface area contributed by atoms with Crippen molar-refractivity contribution in [3.8, 4) is 11.3 Å². The van der Waals surface area contributed by atoms with Crippen molar-refractivity contribution in [3.63, 3.8) is 0 Å². The van der Waals surface area contributed by atoms with E-state index in [1.54, 1.807) is 17.4 Å². The van der Waals surface area contributed by atoms with E-state index in [1.165, 1.54) is 6.07 Å². The molecule has 1 heterocycles. The summed E-state index contributed by atoms with van der Waals surface area (Å²) in [5, 5.41) is 5.64. The van der Waals surface area contributed by atoms with E-state index < -0.39 is 11.6 Å². The first-order valence-electron chi connectivity index (χ1n) is 7.27. The molecule has 1 N–H and O–H groups in total. The lowest BCUT2D eigenvalue weighted by Crippen LogP contribution is -2.15. The molecule has 24 heavy (non-hydrogen) atoms. The van der Waals surface area contributed by atoms with E-state index in [0.717, 1.165) is 28.4 Å². The largest absolute Gasteiger partial charge is 0.326 e. The molecule has 3 aromatic rings. The van der Waals surface area contributed by atoms with Crippen LogP contribution in [-0.2, 0) is 11.2 Å². The molecule has 0 aliphatic rings. The number of anilines is 1. The Morgan fingerprint density at radius 2 is 2.04 bits per heavy atom. The molecule has 0 radical (unpaired) electrons. The number of thiazole rings is 1. The minimum absolute atomic E-state index is 0.153. The monoisotopic (exact) mass is 344 g/mol. The Morgan fingerprint density at radius 1 is 1.21 bits per heavy atom. The molecule has 0 atom stereocenters. The summed E-state index contributed by atoms with van der Waals surface area (Å²) < 4.78 is 26.5. The Labute approximate surface area is 142 Å². The van der Waals surface area contributed by atoms with Crippen LogP contribution in [0.4, 0.5) is 14.5 Å². The second-order valence-electron chi connectivity index (χ2n) is 5.29. The van der Waals surface area contributed by atoms with Gasteiger partial charge >= 0.3 is 0 Å². The Bertz CT molecular complexity index is 892. The molecule has 0 spiro atoms. The van der Waals surface area contributed by atoms with E-state index in [9.17, 15) is 13.6 Å². The zero-order chi connectivity index (χ0) is 17.1. The summed E-state index contributed by atoms with van der Waals surface area (Å²) in [6.45, 7) is 1.93. The van der Waals surface area contributed by atoms with Crippen LogP contribution in [0.1, 0.15) is 10.6 Å². The Balaban J connectivity index is 1.72. The molecule has 0 bridgehead atoms. The van der Waals surface area contributed by atoms with Crippen molar-refractivity contribution < 1.29 is 13.6 Å². The van der Waals surface area contributed by atoms with Gasteiger partial charge in [0.05, 0.1) is 17.1 Å². The molecule has 3 nitrogen and oxygen atoms in total. The van der Waals surface area contributed by atoms with Crippen molar-refractivity contribution in [2.75, 3.05) is 5.32 Å². The van der Waals surface area contributed by atoms with Crippen molar-refractivity contribution in [1.82, 2.24) is 4.98 Å². The molecule has 0 unspecified atom stereocenters. The second-order valence-corrected chi connectivity index (χ2v) is 6.36. The number of nitrogens with zero attached hydrogens (tertiary/aromatic N) is 1. The Kier molecular flexibility index (Phi) is 4.66. The summed E-state index contributed by atoms with van der Waals surface area (Å²) in [4.78, 5) is 16.5. The first-order valence-corrected chi connectivity index (χ1v) is 8.15. The third-order valence-corrected chi connectivity index (χ3v) is 4.20. The van der Waals surface area contributed by atoms with E-state index in [1.807, 2.05) is 30.5 Å². The highest BCUT2D eigenvalue weighted by Gasteiger charge is 2.10. The van der Waals surface area contributed by atoms with Gasteiger partial charge in [-0.1, -0.05) is 18.2 Å². The molecule has 2 aromatic carbocycles. The number of amides is 1. The van der Waals surface area contributed by atoms with Gasteiger partial charge in [-0.25, -0.2) is 13.8 Å². The summed E-state index contributed by atoms with van der Waals surface area (Å²) in [7, 11) is 0.